The summed E-state index contributed by atoms with van der Waals surface area (Å²) in [6, 6.07) is 0. The summed E-state index contributed by atoms with van der Waals surface area (Å²) >= 11 is 0. The van der Waals surface area contributed by atoms with Gasteiger partial charge in [0.25, 0.3) is 5.91 Å². The molecule has 0 aliphatic rings. The number of carbonyl (C=O) groups excluding carboxylic acids is 1. The molecule has 0 aliphatic heterocycles. The number of likely N-dealkylation sites (N-methyl/N-ethyl adjacent to an activating group) is 1. The molecular formula is C7H13NO2. The molecule has 0 aromatic rings. The van der Waals surface area contributed by atoms with Crippen LogP contribution in [0.2, 0.25) is 0 Å². The molecule has 0 bridgehead atoms. The second-order valence-electron chi connectivity index (χ2n) is 1.94. The summed E-state index contributed by atoms with van der Waals surface area (Å²) in [7, 11) is 3.00. The molecule has 0 aromatic carbocycles. The van der Waals surface area contributed by atoms with Gasteiger partial charge in [-0.05, 0) is 6.42 Å². The zero-order valence-electron chi connectivity index (χ0n) is 6.68. The van der Waals surface area contributed by atoms with Gasteiger partial charge in [0.15, 0.2) is 0 Å². The van der Waals surface area contributed by atoms with Crippen LogP contribution >= 0.6 is 0 Å². The molecule has 1 amide bonds. The highest BCUT2D eigenvalue weighted by Crippen LogP contribution is 2.00. The van der Waals surface area contributed by atoms with Gasteiger partial charge in [-0.3, -0.25) is 9.63 Å². The molecule has 0 atom stereocenters. The van der Waals surface area contributed by atoms with Crippen molar-refractivity contribution >= 4 is 5.91 Å². The predicted octanol–water partition coefficient (Wildman–Crippen LogP) is 0.972. The van der Waals surface area contributed by atoms with Crippen LogP contribution in [0.3, 0.4) is 0 Å². The normalized spacial score (nSPS) is 9.10. The Morgan fingerprint density at radius 1 is 1.70 bits per heavy atom. The molecule has 0 aromatic heterocycles. The van der Waals surface area contributed by atoms with Crippen LogP contribution in [0.25, 0.3) is 0 Å². The zero-order valence-corrected chi connectivity index (χ0v) is 6.68. The standard InChI is InChI=1S/C7H13NO2/c1-5-6(2)7(9)8(3)10-4/h2,5H2,1,3-4H3. The van der Waals surface area contributed by atoms with Crippen LogP contribution in [0.5, 0.6) is 0 Å². The lowest BCUT2D eigenvalue weighted by Crippen LogP contribution is -2.26. The number of hydrogen-bond acceptors (Lipinski definition) is 2. The Labute approximate surface area is 61.2 Å². The van der Waals surface area contributed by atoms with E-state index in [0.717, 1.165) is 5.06 Å². The summed E-state index contributed by atoms with van der Waals surface area (Å²) in [5, 5.41) is 1.16. The lowest BCUT2D eigenvalue weighted by atomic mass is 10.2. The van der Waals surface area contributed by atoms with Crippen molar-refractivity contribution in [1.29, 1.82) is 0 Å². The number of hydrogen-bond donors (Lipinski definition) is 0. The van der Waals surface area contributed by atoms with Gasteiger partial charge in [0.1, 0.15) is 0 Å². The predicted molar refractivity (Wildman–Crippen MR) is 39.2 cm³/mol. The van der Waals surface area contributed by atoms with E-state index < -0.39 is 0 Å². The molecule has 10 heavy (non-hydrogen) atoms. The van der Waals surface area contributed by atoms with Crippen molar-refractivity contribution in [3.63, 3.8) is 0 Å². The van der Waals surface area contributed by atoms with Crippen LogP contribution in [-0.4, -0.2) is 25.1 Å². The number of hydroxylamine groups is 2. The highest BCUT2D eigenvalue weighted by Gasteiger charge is 2.09. The summed E-state index contributed by atoms with van der Waals surface area (Å²) in [6.07, 6.45) is 0.659. The van der Waals surface area contributed by atoms with Crippen LogP contribution in [-0.2, 0) is 9.63 Å². The highest BCUT2D eigenvalue weighted by atomic mass is 16.7. The first-order valence-corrected chi connectivity index (χ1v) is 3.13. The van der Waals surface area contributed by atoms with Crippen molar-refractivity contribution in [2.24, 2.45) is 0 Å². The van der Waals surface area contributed by atoms with E-state index in [0.29, 0.717) is 12.0 Å². The average Bonchev–Trinajstić information content (AvgIpc) is 2.00. The van der Waals surface area contributed by atoms with Crippen molar-refractivity contribution in [3.8, 4) is 0 Å². The van der Waals surface area contributed by atoms with E-state index in [1.807, 2.05) is 6.92 Å². The molecule has 0 rings (SSSR count). The van der Waals surface area contributed by atoms with Crippen molar-refractivity contribution in [3.05, 3.63) is 12.2 Å². The summed E-state index contributed by atoms with van der Waals surface area (Å²) < 4.78 is 0. The molecule has 0 aliphatic carbocycles. The Morgan fingerprint density at radius 2 is 2.20 bits per heavy atom. The third kappa shape index (κ3) is 2.19. The van der Waals surface area contributed by atoms with E-state index in [4.69, 9.17) is 0 Å². The third-order valence-electron chi connectivity index (χ3n) is 1.29. The van der Waals surface area contributed by atoms with E-state index in [1.165, 1.54) is 7.11 Å². The number of carbonyl (C=O) groups is 1. The van der Waals surface area contributed by atoms with Gasteiger partial charge in [-0.1, -0.05) is 13.5 Å². The molecule has 3 heteroatoms. The maximum atomic E-state index is 11.0. The number of amides is 1. The molecule has 58 valence electrons. The monoisotopic (exact) mass is 143 g/mol. The van der Waals surface area contributed by atoms with Crippen molar-refractivity contribution in [2.45, 2.75) is 13.3 Å². The van der Waals surface area contributed by atoms with Gasteiger partial charge in [0.2, 0.25) is 0 Å². The second-order valence-corrected chi connectivity index (χ2v) is 1.94. The maximum absolute atomic E-state index is 11.0. The van der Waals surface area contributed by atoms with Gasteiger partial charge in [0, 0.05) is 12.6 Å². The van der Waals surface area contributed by atoms with Crippen molar-refractivity contribution in [2.75, 3.05) is 14.2 Å². The summed E-state index contributed by atoms with van der Waals surface area (Å²) in [5.41, 5.74) is 0.560. The Bertz CT molecular complexity index is 143. The quantitative estimate of drug-likeness (QED) is 0.435. The van der Waals surface area contributed by atoms with Crippen LogP contribution in [0.15, 0.2) is 12.2 Å². The lowest BCUT2D eigenvalue weighted by molar-refractivity contribution is -0.164. The maximum Gasteiger partial charge on any atom is 0.272 e. The van der Waals surface area contributed by atoms with E-state index >= 15 is 0 Å². The largest absolute Gasteiger partial charge is 0.274 e. The minimum atomic E-state index is -0.162. The minimum Gasteiger partial charge on any atom is -0.274 e. The fourth-order valence-electron chi connectivity index (χ4n) is 0.457. The highest BCUT2D eigenvalue weighted by molar-refractivity contribution is 5.91. The first kappa shape index (κ1) is 9.17. The van der Waals surface area contributed by atoms with Crippen LogP contribution < -0.4 is 0 Å². The van der Waals surface area contributed by atoms with Crippen LogP contribution in [0.4, 0.5) is 0 Å². The fraction of sp³-hybridized carbons (Fsp3) is 0.571. The summed E-state index contributed by atoms with van der Waals surface area (Å²) in [5.74, 6) is -0.162. The van der Waals surface area contributed by atoms with Crippen LogP contribution in [0.1, 0.15) is 13.3 Å². The van der Waals surface area contributed by atoms with Gasteiger partial charge >= 0.3 is 0 Å². The average molecular weight is 143 g/mol. The zero-order chi connectivity index (χ0) is 8.15. The summed E-state index contributed by atoms with van der Waals surface area (Å²) in [6.45, 7) is 5.45. The van der Waals surface area contributed by atoms with Crippen LogP contribution in [0, 0.1) is 0 Å². The second kappa shape index (κ2) is 4.06. The first-order chi connectivity index (χ1) is 4.63. The summed E-state index contributed by atoms with van der Waals surface area (Å²) in [4.78, 5) is 15.7. The third-order valence-corrected chi connectivity index (χ3v) is 1.29. The minimum absolute atomic E-state index is 0.162. The number of nitrogens with zero attached hydrogens (tertiary/aromatic N) is 1. The molecule has 0 fully saturated rings. The van der Waals surface area contributed by atoms with Gasteiger partial charge in [0.05, 0.1) is 7.11 Å². The number of rotatable bonds is 3. The fourth-order valence-corrected chi connectivity index (χ4v) is 0.457. The van der Waals surface area contributed by atoms with E-state index in [2.05, 4.69) is 11.4 Å². The topological polar surface area (TPSA) is 29.5 Å². The lowest BCUT2D eigenvalue weighted by Gasteiger charge is -2.13. The molecule has 0 unspecified atom stereocenters. The van der Waals surface area contributed by atoms with E-state index in [-0.39, 0.29) is 5.91 Å². The molecule has 0 N–H and O–H groups in total. The molecule has 0 spiro atoms. The molecular weight excluding hydrogens is 130 g/mol. The van der Waals surface area contributed by atoms with Gasteiger partial charge < -0.3 is 0 Å². The van der Waals surface area contributed by atoms with Crippen molar-refractivity contribution < 1.29 is 9.63 Å². The van der Waals surface area contributed by atoms with Crippen molar-refractivity contribution in [1.82, 2.24) is 5.06 Å². The van der Waals surface area contributed by atoms with E-state index in [9.17, 15) is 4.79 Å². The molecule has 0 saturated carbocycles. The Morgan fingerprint density at radius 3 is 2.50 bits per heavy atom. The van der Waals surface area contributed by atoms with Gasteiger partial charge in [-0.25, -0.2) is 5.06 Å². The SMILES string of the molecule is C=C(CC)C(=O)N(C)OC. The molecule has 3 nitrogen and oxygen atoms in total. The van der Waals surface area contributed by atoms with Gasteiger partial charge in [-0.2, -0.15) is 0 Å². The smallest absolute Gasteiger partial charge is 0.272 e. The van der Waals surface area contributed by atoms with E-state index in [1.54, 1.807) is 7.05 Å². The molecule has 0 heterocycles. The van der Waals surface area contributed by atoms with Gasteiger partial charge in [-0.15, -0.1) is 0 Å². The Kier molecular flexibility index (Phi) is 3.72. The molecule has 0 saturated heterocycles. The Hall–Kier alpha value is -0.830. The molecule has 0 radical (unpaired) electrons. The first-order valence-electron chi connectivity index (χ1n) is 3.13. The Balaban J connectivity index is 3.95.